The van der Waals surface area contributed by atoms with Crippen molar-refractivity contribution in [1.82, 2.24) is 14.5 Å². The van der Waals surface area contributed by atoms with Crippen molar-refractivity contribution >= 4 is 15.9 Å². The van der Waals surface area contributed by atoms with Gasteiger partial charge in [-0.15, -0.1) is 0 Å². The quantitative estimate of drug-likeness (QED) is 0.567. The second kappa shape index (κ2) is 11.7. The second-order valence-corrected chi connectivity index (χ2v) is 13.6. The van der Waals surface area contributed by atoms with E-state index in [1.165, 1.54) is 0 Å². The van der Waals surface area contributed by atoms with Crippen LogP contribution in [0.25, 0.3) is 11.1 Å². The molecule has 3 heterocycles. The maximum absolute atomic E-state index is 13.9. The minimum atomic E-state index is -4.12. The maximum atomic E-state index is 13.9. The molecule has 2 aromatic rings. The van der Waals surface area contributed by atoms with Gasteiger partial charge in [0.15, 0.2) is 0 Å². The number of amides is 1. The highest BCUT2D eigenvalue weighted by atomic mass is 32.2. The lowest BCUT2D eigenvalue weighted by molar-refractivity contribution is -0.127. The summed E-state index contributed by atoms with van der Waals surface area (Å²) in [5, 5.41) is 13.7. The fourth-order valence-electron chi connectivity index (χ4n) is 6.01. The van der Waals surface area contributed by atoms with Crippen molar-refractivity contribution in [1.29, 1.82) is 0 Å². The van der Waals surface area contributed by atoms with E-state index in [4.69, 9.17) is 9.47 Å². The summed E-state index contributed by atoms with van der Waals surface area (Å²) < 4.78 is 40.7. The third-order valence-corrected chi connectivity index (χ3v) is 10.4. The molecule has 0 radical (unpaired) electrons. The van der Waals surface area contributed by atoms with Gasteiger partial charge in [0.05, 0.1) is 19.8 Å². The van der Waals surface area contributed by atoms with Crippen LogP contribution in [-0.2, 0) is 14.8 Å². The van der Waals surface area contributed by atoms with Gasteiger partial charge in [-0.1, -0.05) is 32.0 Å². The van der Waals surface area contributed by atoms with Gasteiger partial charge >= 0.3 is 0 Å². The number of hydrogen-bond donors (Lipinski definition) is 2. The molecule has 0 bridgehead atoms. The molecule has 0 aromatic heterocycles. The van der Waals surface area contributed by atoms with Gasteiger partial charge in [0.25, 0.3) is 0 Å². The van der Waals surface area contributed by atoms with Gasteiger partial charge in [0.2, 0.25) is 15.9 Å². The number of nitrogens with one attached hydrogen (secondary N) is 1. The molecule has 0 aliphatic carbocycles. The molecule has 0 unspecified atom stereocenters. The molecule has 2 saturated heterocycles. The summed E-state index contributed by atoms with van der Waals surface area (Å²) in [5.41, 5.74) is 1.17. The predicted molar refractivity (Wildman–Crippen MR) is 153 cm³/mol. The Balaban J connectivity index is 1.48. The molecule has 3 aliphatic heterocycles. The largest absolute Gasteiger partial charge is 0.497 e. The van der Waals surface area contributed by atoms with Gasteiger partial charge in [-0.05, 0) is 67.1 Å². The molecule has 0 saturated carbocycles. The number of carbonyl (C=O) groups is 1. The molecule has 218 valence electrons. The number of benzene rings is 2. The van der Waals surface area contributed by atoms with Crippen LogP contribution in [0.4, 0.5) is 0 Å². The number of rotatable bonds is 5. The van der Waals surface area contributed by atoms with Crippen LogP contribution in [0.5, 0.6) is 11.5 Å². The number of ether oxygens (including phenoxy) is 2. The van der Waals surface area contributed by atoms with Crippen molar-refractivity contribution in [3.63, 3.8) is 0 Å². The van der Waals surface area contributed by atoms with Gasteiger partial charge in [0, 0.05) is 38.0 Å². The van der Waals surface area contributed by atoms with E-state index in [0.29, 0.717) is 18.1 Å². The van der Waals surface area contributed by atoms with Crippen LogP contribution in [0.15, 0.2) is 47.4 Å². The third kappa shape index (κ3) is 6.00. The first-order chi connectivity index (χ1) is 19.1. The zero-order chi connectivity index (χ0) is 28.5. The van der Waals surface area contributed by atoms with Crippen molar-refractivity contribution in [2.75, 3.05) is 39.9 Å². The van der Waals surface area contributed by atoms with E-state index in [-0.39, 0.29) is 36.1 Å². The van der Waals surface area contributed by atoms with Crippen molar-refractivity contribution in [3.8, 4) is 22.6 Å². The Morgan fingerprint density at radius 1 is 1.12 bits per heavy atom. The summed E-state index contributed by atoms with van der Waals surface area (Å²) in [7, 11) is -2.52. The fraction of sp³-hybridized carbons (Fsp3) is 0.567. The first-order valence-corrected chi connectivity index (χ1v) is 15.7. The Morgan fingerprint density at radius 2 is 1.88 bits per heavy atom. The van der Waals surface area contributed by atoms with E-state index in [1.54, 1.807) is 25.3 Å². The highest BCUT2D eigenvalue weighted by Gasteiger charge is 2.47. The van der Waals surface area contributed by atoms with Crippen LogP contribution in [0.2, 0.25) is 0 Å². The molecule has 9 nitrogen and oxygen atoms in total. The molecular formula is C30H41N3O6S. The minimum absolute atomic E-state index is 0.00509. The van der Waals surface area contributed by atoms with E-state index in [0.717, 1.165) is 54.3 Å². The Bertz CT molecular complexity index is 1320. The summed E-state index contributed by atoms with van der Waals surface area (Å²) in [6, 6.07) is 11.6. The first-order valence-electron chi connectivity index (χ1n) is 14.3. The molecule has 2 fully saturated rings. The Labute approximate surface area is 237 Å². The number of sulfonamides is 1. The molecule has 40 heavy (non-hydrogen) atoms. The minimum Gasteiger partial charge on any atom is -0.497 e. The number of nitrogens with zero attached hydrogens (tertiary/aromatic N) is 2. The molecule has 2 N–H and O–H groups in total. The van der Waals surface area contributed by atoms with Crippen LogP contribution >= 0.6 is 0 Å². The van der Waals surface area contributed by atoms with Gasteiger partial charge in [-0.25, -0.2) is 8.42 Å². The molecule has 3 aliphatic rings. The monoisotopic (exact) mass is 571 g/mol. The van der Waals surface area contributed by atoms with E-state index >= 15 is 0 Å². The normalized spacial score (nSPS) is 25.0. The highest BCUT2D eigenvalue weighted by molar-refractivity contribution is 7.89. The van der Waals surface area contributed by atoms with Gasteiger partial charge in [0.1, 0.15) is 22.4 Å². The molecule has 1 spiro atoms. The lowest BCUT2D eigenvalue weighted by Crippen LogP contribution is -2.59. The number of piperidine rings is 1. The van der Waals surface area contributed by atoms with Crippen LogP contribution in [0.3, 0.4) is 0 Å². The molecule has 10 heteroatoms. The van der Waals surface area contributed by atoms with Gasteiger partial charge < -0.3 is 24.8 Å². The number of likely N-dealkylation sites (tertiary alicyclic amines) is 1. The number of hydrogen-bond acceptors (Lipinski definition) is 7. The Kier molecular flexibility index (Phi) is 8.42. The van der Waals surface area contributed by atoms with Crippen LogP contribution in [0, 0.1) is 5.92 Å². The van der Waals surface area contributed by atoms with Gasteiger partial charge in [-0.3, -0.25) is 4.79 Å². The standard InChI is InChI=1S/C30H41N3O6S/c1-21(2)9-13-32-14-10-30(11-15-32)12-16-39-27-18-23(22-5-4-6-25(17-22)38-3)7-8-28(27)40(36,37)33-20-24(34)19-26(33)29(35)31-30/h4-8,17-18,21,24,26,34H,9-16,19-20H2,1-3H3,(H,31,35)/t24-,26+/m1/s1. The molecule has 2 atom stereocenters. The number of aliphatic hydroxyl groups excluding tert-OH is 1. The molecule has 1 amide bonds. The lowest BCUT2D eigenvalue weighted by Gasteiger charge is -2.43. The molecule has 2 aromatic carbocycles. The maximum Gasteiger partial charge on any atom is 0.247 e. The summed E-state index contributed by atoms with van der Waals surface area (Å²) in [6.45, 7) is 7.33. The van der Waals surface area contributed by atoms with Crippen molar-refractivity contribution in [2.45, 2.75) is 68.5 Å². The molecular weight excluding hydrogens is 530 g/mol. The first kappa shape index (κ1) is 28.9. The van der Waals surface area contributed by atoms with Crippen molar-refractivity contribution < 1.29 is 27.8 Å². The lowest BCUT2D eigenvalue weighted by atomic mass is 9.84. The fourth-order valence-corrected chi connectivity index (χ4v) is 7.76. The van der Waals surface area contributed by atoms with Crippen LogP contribution in [0.1, 0.15) is 46.0 Å². The Hall–Kier alpha value is -2.66. The van der Waals surface area contributed by atoms with E-state index < -0.39 is 27.7 Å². The zero-order valence-corrected chi connectivity index (χ0v) is 24.5. The van der Waals surface area contributed by atoms with E-state index in [1.807, 2.05) is 24.3 Å². The van der Waals surface area contributed by atoms with E-state index in [2.05, 4.69) is 24.1 Å². The molecule has 5 rings (SSSR count). The highest BCUT2D eigenvalue weighted by Crippen LogP contribution is 2.37. The predicted octanol–water partition coefficient (Wildman–Crippen LogP) is 3.27. The number of methoxy groups -OCH3 is 1. The SMILES string of the molecule is COc1cccc(-c2ccc3c(c2)OCCC2(CCN(CCC(C)C)CC2)NC(=O)[C@@H]2C[C@@H](O)CN2S3(=O)=O)c1. The van der Waals surface area contributed by atoms with Crippen LogP contribution < -0.4 is 14.8 Å². The smallest absolute Gasteiger partial charge is 0.247 e. The average molecular weight is 572 g/mol. The number of aliphatic hydroxyl groups is 1. The van der Waals surface area contributed by atoms with E-state index in [9.17, 15) is 18.3 Å². The second-order valence-electron chi connectivity index (χ2n) is 11.8. The number of carbonyl (C=O) groups excluding carboxylic acids is 1. The van der Waals surface area contributed by atoms with Crippen molar-refractivity contribution in [3.05, 3.63) is 42.5 Å². The zero-order valence-electron chi connectivity index (χ0n) is 23.6. The average Bonchev–Trinajstić information content (AvgIpc) is 3.35. The van der Waals surface area contributed by atoms with Crippen molar-refractivity contribution in [2.24, 2.45) is 5.92 Å². The van der Waals surface area contributed by atoms with Gasteiger partial charge in [-0.2, -0.15) is 4.31 Å². The number of fused-ring (bicyclic) bond motifs is 2. The summed E-state index contributed by atoms with van der Waals surface area (Å²) in [6.07, 6.45) is 2.37. The van der Waals surface area contributed by atoms with Crippen LogP contribution in [-0.4, -0.2) is 86.2 Å². The summed E-state index contributed by atoms with van der Waals surface area (Å²) in [5.74, 6) is 1.24. The third-order valence-electron chi connectivity index (χ3n) is 8.53. The Morgan fingerprint density at radius 3 is 2.60 bits per heavy atom. The summed E-state index contributed by atoms with van der Waals surface area (Å²) in [4.78, 5) is 16.1. The summed E-state index contributed by atoms with van der Waals surface area (Å²) >= 11 is 0. The topological polar surface area (TPSA) is 108 Å².